The highest BCUT2D eigenvalue weighted by atomic mass is 35.5. The Balaban J connectivity index is 1.63. The number of hydrogen-bond acceptors (Lipinski definition) is 4. The smallest absolute Gasteiger partial charge is 0.255 e. The van der Waals surface area contributed by atoms with Crippen LogP contribution in [-0.4, -0.2) is 33.9 Å². The maximum absolute atomic E-state index is 12.6. The first-order valence-electron chi connectivity index (χ1n) is 9.41. The van der Waals surface area contributed by atoms with Crippen molar-refractivity contribution in [3.63, 3.8) is 0 Å². The third-order valence-electron chi connectivity index (χ3n) is 5.08. The number of aromatic amines is 1. The van der Waals surface area contributed by atoms with Crippen LogP contribution in [0.25, 0.3) is 22.3 Å². The summed E-state index contributed by atoms with van der Waals surface area (Å²) in [6.07, 6.45) is 1.72. The molecule has 0 radical (unpaired) electrons. The van der Waals surface area contributed by atoms with E-state index in [0.29, 0.717) is 47.5 Å². The fourth-order valence-electron chi connectivity index (χ4n) is 3.71. The van der Waals surface area contributed by atoms with Crippen molar-refractivity contribution in [2.45, 2.75) is 6.54 Å². The van der Waals surface area contributed by atoms with E-state index in [2.05, 4.69) is 32.3 Å². The van der Waals surface area contributed by atoms with E-state index in [9.17, 15) is 4.79 Å². The first-order chi connectivity index (χ1) is 14.2. The van der Waals surface area contributed by atoms with Gasteiger partial charge in [-0.05, 0) is 29.8 Å². The van der Waals surface area contributed by atoms with Gasteiger partial charge in [0.1, 0.15) is 16.6 Å². The van der Waals surface area contributed by atoms with Crippen LogP contribution < -0.4 is 10.2 Å². The minimum Gasteiger partial charge on any atom is -0.350 e. The summed E-state index contributed by atoms with van der Waals surface area (Å²) in [4.78, 5) is 27.0. The zero-order valence-corrected chi connectivity index (χ0v) is 16.3. The number of amides is 1. The summed E-state index contributed by atoms with van der Waals surface area (Å²) in [5.74, 6) is 0.553. The molecule has 5 rings (SSSR count). The van der Waals surface area contributed by atoms with Crippen molar-refractivity contribution in [2.24, 2.45) is 0 Å². The fourth-order valence-corrected chi connectivity index (χ4v) is 4.00. The lowest BCUT2D eigenvalue weighted by Gasteiger charge is -2.23. The van der Waals surface area contributed by atoms with E-state index in [1.165, 1.54) is 0 Å². The Labute approximate surface area is 172 Å². The number of nitrogens with one attached hydrogen (secondary N) is 2. The number of nitrogens with zero attached hydrogens (tertiary/aromatic N) is 3. The van der Waals surface area contributed by atoms with Gasteiger partial charge in [-0.1, -0.05) is 41.9 Å². The highest BCUT2D eigenvalue weighted by Crippen LogP contribution is 2.35. The van der Waals surface area contributed by atoms with Gasteiger partial charge in [-0.25, -0.2) is 9.97 Å². The van der Waals surface area contributed by atoms with Crippen molar-refractivity contribution >= 4 is 34.4 Å². The van der Waals surface area contributed by atoms with Crippen molar-refractivity contribution in [1.29, 1.82) is 0 Å². The van der Waals surface area contributed by atoms with Crippen LogP contribution in [0.1, 0.15) is 15.9 Å². The number of aromatic nitrogens is 3. The SMILES string of the molecule is O=C1NCCN(Cc2ccccc2)c2nc(-c3c(Cl)[nH]c4ncccc34)ccc21. The van der Waals surface area contributed by atoms with Crippen LogP contribution in [0.5, 0.6) is 0 Å². The molecule has 2 N–H and O–H groups in total. The maximum Gasteiger partial charge on any atom is 0.255 e. The van der Waals surface area contributed by atoms with Gasteiger partial charge in [0, 0.05) is 36.8 Å². The number of H-pyrrole nitrogens is 1. The summed E-state index contributed by atoms with van der Waals surface area (Å²) >= 11 is 6.48. The van der Waals surface area contributed by atoms with Crippen LogP contribution >= 0.6 is 11.6 Å². The summed E-state index contributed by atoms with van der Waals surface area (Å²) in [6, 6.07) is 17.7. The summed E-state index contributed by atoms with van der Waals surface area (Å²) in [5.41, 5.74) is 3.94. The van der Waals surface area contributed by atoms with Crippen LogP contribution in [0.2, 0.25) is 5.15 Å². The summed E-state index contributed by atoms with van der Waals surface area (Å²) < 4.78 is 0. The first-order valence-corrected chi connectivity index (χ1v) is 9.79. The molecule has 0 saturated heterocycles. The Morgan fingerprint density at radius 2 is 1.93 bits per heavy atom. The minimum absolute atomic E-state index is 0.110. The Bertz CT molecular complexity index is 1200. The van der Waals surface area contributed by atoms with Crippen LogP contribution in [-0.2, 0) is 6.54 Å². The van der Waals surface area contributed by atoms with E-state index in [1.807, 2.05) is 42.5 Å². The molecule has 0 bridgehead atoms. The van der Waals surface area contributed by atoms with E-state index in [-0.39, 0.29) is 5.91 Å². The molecular weight excluding hydrogens is 386 g/mol. The number of pyridine rings is 2. The summed E-state index contributed by atoms with van der Waals surface area (Å²) in [6.45, 7) is 1.91. The largest absolute Gasteiger partial charge is 0.350 e. The van der Waals surface area contributed by atoms with Gasteiger partial charge < -0.3 is 15.2 Å². The van der Waals surface area contributed by atoms with Crippen LogP contribution in [0.3, 0.4) is 0 Å². The maximum atomic E-state index is 12.6. The second-order valence-corrected chi connectivity index (χ2v) is 7.32. The van der Waals surface area contributed by atoms with Gasteiger partial charge >= 0.3 is 0 Å². The molecule has 0 atom stereocenters. The average Bonchev–Trinajstić information content (AvgIpc) is 3.00. The molecule has 144 valence electrons. The van der Waals surface area contributed by atoms with Gasteiger partial charge in [-0.15, -0.1) is 0 Å². The van der Waals surface area contributed by atoms with Crippen molar-refractivity contribution in [3.05, 3.63) is 77.1 Å². The Morgan fingerprint density at radius 1 is 1.07 bits per heavy atom. The molecule has 4 heterocycles. The van der Waals surface area contributed by atoms with Crippen LogP contribution in [0, 0.1) is 0 Å². The molecule has 0 saturated carbocycles. The predicted molar refractivity (Wildman–Crippen MR) is 114 cm³/mol. The highest BCUT2D eigenvalue weighted by molar-refractivity contribution is 6.34. The van der Waals surface area contributed by atoms with E-state index in [0.717, 1.165) is 16.5 Å². The molecule has 0 unspecified atom stereocenters. The highest BCUT2D eigenvalue weighted by Gasteiger charge is 2.24. The van der Waals surface area contributed by atoms with Crippen molar-refractivity contribution in [2.75, 3.05) is 18.0 Å². The molecule has 4 aromatic rings. The Kier molecular flexibility index (Phi) is 4.41. The number of rotatable bonds is 3. The lowest BCUT2D eigenvalue weighted by molar-refractivity contribution is 0.0958. The van der Waals surface area contributed by atoms with Gasteiger partial charge in [0.25, 0.3) is 5.91 Å². The number of anilines is 1. The zero-order valence-electron chi connectivity index (χ0n) is 15.5. The molecule has 1 aliphatic heterocycles. The number of halogens is 1. The molecule has 29 heavy (non-hydrogen) atoms. The van der Waals surface area contributed by atoms with Crippen LogP contribution in [0.15, 0.2) is 60.8 Å². The van der Waals surface area contributed by atoms with Gasteiger partial charge in [0.2, 0.25) is 0 Å². The number of fused-ring (bicyclic) bond motifs is 2. The van der Waals surface area contributed by atoms with E-state index in [4.69, 9.17) is 16.6 Å². The monoisotopic (exact) mass is 403 g/mol. The molecule has 3 aromatic heterocycles. The third-order valence-corrected chi connectivity index (χ3v) is 5.37. The average molecular weight is 404 g/mol. The minimum atomic E-state index is -0.110. The molecular formula is C22H18ClN5O. The standard InChI is InChI=1S/C22H18ClN5O/c23-19-18(15-7-4-10-24-20(15)27-19)17-9-8-16-21(26-17)28(12-11-25-22(16)29)13-14-5-2-1-3-6-14/h1-10H,11-13H2,(H,24,27)(H,25,29). The summed E-state index contributed by atoms with van der Waals surface area (Å²) in [5, 5.41) is 4.33. The molecule has 0 fully saturated rings. The van der Waals surface area contributed by atoms with Gasteiger partial charge in [0.15, 0.2) is 0 Å². The van der Waals surface area contributed by atoms with E-state index < -0.39 is 0 Å². The van der Waals surface area contributed by atoms with E-state index >= 15 is 0 Å². The van der Waals surface area contributed by atoms with Gasteiger partial charge in [-0.3, -0.25) is 4.79 Å². The van der Waals surface area contributed by atoms with Crippen LogP contribution in [0.4, 0.5) is 5.82 Å². The lowest BCUT2D eigenvalue weighted by atomic mass is 10.1. The lowest BCUT2D eigenvalue weighted by Crippen LogP contribution is -2.30. The summed E-state index contributed by atoms with van der Waals surface area (Å²) in [7, 11) is 0. The predicted octanol–water partition coefficient (Wildman–Crippen LogP) is 4.03. The van der Waals surface area contributed by atoms with Crippen molar-refractivity contribution < 1.29 is 4.79 Å². The molecule has 6 nitrogen and oxygen atoms in total. The first kappa shape index (κ1) is 17.7. The number of benzene rings is 1. The van der Waals surface area contributed by atoms with Gasteiger partial charge in [-0.2, -0.15) is 0 Å². The Hall–Kier alpha value is -3.38. The van der Waals surface area contributed by atoms with Crippen molar-refractivity contribution in [3.8, 4) is 11.3 Å². The quantitative estimate of drug-likeness (QED) is 0.541. The number of hydrogen-bond donors (Lipinski definition) is 2. The zero-order chi connectivity index (χ0) is 19.8. The molecule has 1 aromatic carbocycles. The second-order valence-electron chi connectivity index (χ2n) is 6.94. The molecule has 0 spiro atoms. The molecule has 7 heteroatoms. The molecule has 0 aliphatic carbocycles. The third kappa shape index (κ3) is 3.21. The second kappa shape index (κ2) is 7.22. The normalized spacial score (nSPS) is 13.8. The molecule has 1 amide bonds. The topological polar surface area (TPSA) is 73.9 Å². The number of carbonyl (C=O) groups is 1. The fraction of sp³-hybridized carbons (Fsp3) is 0.136. The van der Waals surface area contributed by atoms with Crippen molar-refractivity contribution in [1.82, 2.24) is 20.3 Å². The number of carbonyl (C=O) groups excluding carboxylic acids is 1. The van der Waals surface area contributed by atoms with Gasteiger partial charge in [0.05, 0.1) is 11.3 Å². The Morgan fingerprint density at radius 3 is 2.79 bits per heavy atom. The molecule has 1 aliphatic rings. The van der Waals surface area contributed by atoms with E-state index in [1.54, 1.807) is 6.20 Å².